The fourth-order valence-electron chi connectivity index (χ4n) is 2.57. The summed E-state index contributed by atoms with van der Waals surface area (Å²) < 4.78 is 1.88. The van der Waals surface area contributed by atoms with Gasteiger partial charge < -0.3 is 10.4 Å². The fraction of sp³-hybridized carbons (Fsp3) is 0.316. The average molecular weight is 338 g/mol. The number of fused-ring (bicyclic) bond motifs is 1. The Kier molecular flexibility index (Phi) is 5.09. The summed E-state index contributed by atoms with van der Waals surface area (Å²) in [6.45, 7) is 4.34. The Morgan fingerprint density at radius 2 is 2.00 bits per heavy atom. The topological polar surface area (TPSA) is 80.0 Å². The van der Waals surface area contributed by atoms with E-state index in [4.69, 9.17) is 0 Å². The Morgan fingerprint density at radius 3 is 2.72 bits per heavy atom. The molecular weight excluding hydrogens is 316 g/mol. The Morgan fingerprint density at radius 1 is 1.20 bits per heavy atom. The Labute approximate surface area is 146 Å². The van der Waals surface area contributed by atoms with E-state index in [1.54, 1.807) is 24.7 Å². The monoisotopic (exact) mass is 338 g/mol. The molecule has 1 aromatic carbocycles. The third-order valence-corrected chi connectivity index (χ3v) is 4.21. The van der Waals surface area contributed by atoms with Gasteiger partial charge in [-0.25, -0.2) is 9.97 Å². The van der Waals surface area contributed by atoms with Gasteiger partial charge in [0.1, 0.15) is 12.1 Å². The lowest BCUT2D eigenvalue weighted by Crippen LogP contribution is -2.28. The number of rotatable bonds is 6. The molecule has 2 aromatic heterocycles. The number of pyridine rings is 1. The maximum absolute atomic E-state index is 12.2. The lowest BCUT2D eigenvalue weighted by molar-refractivity contribution is 0.0920. The molecule has 0 aliphatic heterocycles. The van der Waals surface area contributed by atoms with Gasteiger partial charge in [0.2, 0.25) is 0 Å². The number of para-hydroxylation sites is 2. The minimum absolute atomic E-state index is 0.183. The van der Waals surface area contributed by atoms with Gasteiger partial charge in [0.05, 0.1) is 22.7 Å². The van der Waals surface area contributed by atoms with E-state index < -0.39 is 6.10 Å². The normalized spacial score (nSPS) is 12.5. The molecule has 2 heterocycles. The van der Waals surface area contributed by atoms with Crippen LogP contribution in [-0.2, 0) is 0 Å². The maximum Gasteiger partial charge on any atom is 0.252 e. The van der Waals surface area contributed by atoms with E-state index in [0.717, 1.165) is 11.0 Å². The van der Waals surface area contributed by atoms with Crippen LogP contribution in [0.1, 0.15) is 30.6 Å². The zero-order valence-corrected chi connectivity index (χ0v) is 14.4. The van der Waals surface area contributed by atoms with Crippen molar-refractivity contribution >= 4 is 16.9 Å². The summed E-state index contributed by atoms with van der Waals surface area (Å²) in [6, 6.07) is 11.4. The van der Waals surface area contributed by atoms with Crippen molar-refractivity contribution in [2.24, 2.45) is 5.92 Å². The van der Waals surface area contributed by atoms with E-state index in [2.05, 4.69) is 15.3 Å². The first kappa shape index (κ1) is 17.1. The van der Waals surface area contributed by atoms with Gasteiger partial charge in [-0.3, -0.25) is 9.36 Å². The molecule has 6 nitrogen and oxygen atoms in total. The molecule has 6 heteroatoms. The van der Waals surface area contributed by atoms with Crippen LogP contribution in [0.5, 0.6) is 0 Å². The van der Waals surface area contributed by atoms with Crippen molar-refractivity contribution in [1.29, 1.82) is 0 Å². The van der Waals surface area contributed by atoms with Crippen LogP contribution < -0.4 is 5.32 Å². The highest BCUT2D eigenvalue weighted by molar-refractivity contribution is 5.94. The van der Waals surface area contributed by atoms with Crippen molar-refractivity contribution in [2.75, 3.05) is 6.54 Å². The van der Waals surface area contributed by atoms with Gasteiger partial charge in [0.25, 0.3) is 5.91 Å². The van der Waals surface area contributed by atoms with Crippen LogP contribution in [0.25, 0.3) is 16.9 Å². The first-order chi connectivity index (χ1) is 12.1. The van der Waals surface area contributed by atoms with Crippen LogP contribution in [0.4, 0.5) is 0 Å². The molecule has 0 aliphatic carbocycles. The Hall–Kier alpha value is -2.73. The van der Waals surface area contributed by atoms with Crippen LogP contribution >= 0.6 is 0 Å². The van der Waals surface area contributed by atoms with Crippen molar-refractivity contribution in [3.63, 3.8) is 0 Å². The molecule has 0 radical (unpaired) electrons. The van der Waals surface area contributed by atoms with E-state index >= 15 is 0 Å². The van der Waals surface area contributed by atoms with E-state index in [-0.39, 0.29) is 11.8 Å². The number of aliphatic hydroxyl groups is 1. The Balaban J connectivity index is 1.67. The van der Waals surface area contributed by atoms with Crippen LogP contribution in [0, 0.1) is 5.92 Å². The number of carbonyl (C=O) groups excluding carboxylic acids is 1. The zero-order chi connectivity index (χ0) is 17.8. The van der Waals surface area contributed by atoms with Gasteiger partial charge in [0.15, 0.2) is 0 Å². The van der Waals surface area contributed by atoms with Crippen LogP contribution in [0.2, 0.25) is 0 Å². The number of benzene rings is 1. The molecular formula is C19H22N4O2. The number of nitrogens with one attached hydrogen (secondary N) is 1. The SMILES string of the molecule is CC(C)C(O)CCNC(=O)c1ccc(-n2cnc3ccccc32)nc1. The summed E-state index contributed by atoms with van der Waals surface area (Å²) >= 11 is 0. The molecule has 0 fully saturated rings. The lowest BCUT2D eigenvalue weighted by atomic mass is 10.0. The minimum atomic E-state index is -0.407. The lowest BCUT2D eigenvalue weighted by Gasteiger charge is -2.14. The second-order valence-corrected chi connectivity index (χ2v) is 6.36. The molecule has 130 valence electrons. The maximum atomic E-state index is 12.2. The highest BCUT2D eigenvalue weighted by Crippen LogP contribution is 2.16. The van der Waals surface area contributed by atoms with E-state index in [0.29, 0.717) is 24.3 Å². The van der Waals surface area contributed by atoms with Gasteiger partial charge in [0, 0.05) is 12.7 Å². The van der Waals surface area contributed by atoms with Crippen molar-refractivity contribution in [3.8, 4) is 5.82 Å². The third-order valence-electron chi connectivity index (χ3n) is 4.21. The number of imidazole rings is 1. The molecule has 1 amide bonds. The summed E-state index contributed by atoms with van der Waals surface area (Å²) in [5.74, 6) is 0.703. The molecule has 3 rings (SSSR count). The molecule has 0 saturated heterocycles. The van der Waals surface area contributed by atoms with Crippen molar-refractivity contribution < 1.29 is 9.90 Å². The summed E-state index contributed by atoms with van der Waals surface area (Å²) in [6.07, 6.45) is 3.41. The highest BCUT2D eigenvalue weighted by Gasteiger charge is 2.11. The summed E-state index contributed by atoms with van der Waals surface area (Å²) in [4.78, 5) is 20.9. The number of aliphatic hydroxyl groups excluding tert-OH is 1. The number of hydrogen-bond acceptors (Lipinski definition) is 4. The summed E-state index contributed by atoms with van der Waals surface area (Å²) in [7, 11) is 0. The first-order valence-corrected chi connectivity index (χ1v) is 8.41. The van der Waals surface area contributed by atoms with Gasteiger partial charge in [-0.05, 0) is 36.6 Å². The van der Waals surface area contributed by atoms with Crippen molar-refractivity contribution in [3.05, 3.63) is 54.5 Å². The molecule has 25 heavy (non-hydrogen) atoms. The molecule has 1 atom stereocenters. The highest BCUT2D eigenvalue weighted by atomic mass is 16.3. The third kappa shape index (κ3) is 3.85. The molecule has 0 bridgehead atoms. The predicted molar refractivity (Wildman–Crippen MR) is 96.7 cm³/mol. The molecule has 0 spiro atoms. The van der Waals surface area contributed by atoms with Crippen LogP contribution in [0.15, 0.2) is 48.9 Å². The van der Waals surface area contributed by atoms with Crippen molar-refractivity contribution in [2.45, 2.75) is 26.4 Å². The number of aromatic nitrogens is 3. The average Bonchev–Trinajstić information content (AvgIpc) is 3.05. The van der Waals surface area contributed by atoms with Gasteiger partial charge in [-0.15, -0.1) is 0 Å². The number of amides is 1. The van der Waals surface area contributed by atoms with Gasteiger partial charge >= 0.3 is 0 Å². The Bertz CT molecular complexity index is 855. The van der Waals surface area contributed by atoms with E-state index in [1.807, 2.05) is 42.7 Å². The van der Waals surface area contributed by atoms with Crippen LogP contribution in [-0.4, -0.2) is 38.2 Å². The fourth-order valence-corrected chi connectivity index (χ4v) is 2.57. The number of hydrogen-bond donors (Lipinski definition) is 2. The van der Waals surface area contributed by atoms with E-state index in [9.17, 15) is 9.90 Å². The first-order valence-electron chi connectivity index (χ1n) is 8.41. The summed E-state index contributed by atoms with van der Waals surface area (Å²) in [5, 5.41) is 12.6. The smallest absolute Gasteiger partial charge is 0.252 e. The number of carbonyl (C=O) groups is 1. The molecule has 0 aliphatic rings. The molecule has 1 unspecified atom stereocenters. The standard InChI is InChI=1S/C19H22N4O2/c1-13(2)17(24)9-10-20-19(25)14-7-8-18(21-11-14)23-12-22-15-5-3-4-6-16(15)23/h3-8,11-13,17,24H,9-10H2,1-2H3,(H,20,25). The molecule has 2 N–H and O–H groups in total. The van der Waals surface area contributed by atoms with Crippen LogP contribution in [0.3, 0.4) is 0 Å². The zero-order valence-electron chi connectivity index (χ0n) is 14.4. The predicted octanol–water partition coefficient (Wildman–Crippen LogP) is 2.56. The van der Waals surface area contributed by atoms with Gasteiger partial charge in [-0.2, -0.15) is 0 Å². The molecule has 3 aromatic rings. The quantitative estimate of drug-likeness (QED) is 0.724. The number of nitrogens with zero attached hydrogens (tertiary/aromatic N) is 3. The summed E-state index contributed by atoms with van der Waals surface area (Å²) in [5.41, 5.74) is 2.36. The van der Waals surface area contributed by atoms with Crippen molar-refractivity contribution in [1.82, 2.24) is 19.9 Å². The largest absolute Gasteiger partial charge is 0.393 e. The molecule has 0 saturated carbocycles. The second kappa shape index (κ2) is 7.44. The van der Waals surface area contributed by atoms with E-state index in [1.165, 1.54) is 0 Å². The van der Waals surface area contributed by atoms with Gasteiger partial charge in [-0.1, -0.05) is 26.0 Å². The second-order valence-electron chi connectivity index (χ2n) is 6.36. The minimum Gasteiger partial charge on any atom is -0.393 e.